The molecule has 0 amide bonds. The number of hydrogen-bond acceptors (Lipinski definition) is 4. The SMILES string of the molecule is COc1ccc(NC(=S)N(CCCn2ccnc2)Cc2cccnc2)cc1. The lowest BCUT2D eigenvalue weighted by Crippen LogP contribution is -2.35. The number of anilines is 1. The highest BCUT2D eigenvalue weighted by molar-refractivity contribution is 7.80. The number of hydrogen-bond donors (Lipinski definition) is 1. The summed E-state index contributed by atoms with van der Waals surface area (Å²) in [6.45, 7) is 2.43. The molecule has 0 spiro atoms. The van der Waals surface area contributed by atoms with Gasteiger partial charge in [0.25, 0.3) is 0 Å². The number of ether oxygens (including phenoxy) is 1. The predicted molar refractivity (Wildman–Crippen MR) is 111 cm³/mol. The Bertz CT molecular complexity index is 821. The third-order valence-corrected chi connectivity index (χ3v) is 4.49. The van der Waals surface area contributed by atoms with E-state index in [9.17, 15) is 0 Å². The van der Waals surface area contributed by atoms with Gasteiger partial charge in [0, 0.05) is 50.1 Å². The summed E-state index contributed by atoms with van der Waals surface area (Å²) in [5.41, 5.74) is 2.06. The molecule has 1 aromatic carbocycles. The van der Waals surface area contributed by atoms with Crippen molar-refractivity contribution in [1.29, 1.82) is 0 Å². The number of benzene rings is 1. The predicted octanol–water partition coefficient (Wildman–Crippen LogP) is 3.58. The molecule has 6 nitrogen and oxygen atoms in total. The molecule has 0 fully saturated rings. The van der Waals surface area contributed by atoms with Crippen molar-refractivity contribution in [2.45, 2.75) is 19.5 Å². The van der Waals surface area contributed by atoms with Crippen LogP contribution in [0, 0.1) is 0 Å². The molecule has 0 aliphatic rings. The molecule has 0 aliphatic heterocycles. The van der Waals surface area contributed by atoms with E-state index in [0.29, 0.717) is 11.7 Å². The van der Waals surface area contributed by atoms with Crippen LogP contribution in [0.3, 0.4) is 0 Å². The number of aryl methyl sites for hydroxylation is 1. The van der Waals surface area contributed by atoms with Crippen molar-refractivity contribution in [2.24, 2.45) is 0 Å². The fourth-order valence-electron chi connectivity index (χ4n) is 2.70. The molecule has 2 aromatic heterocycles. The van der Waals surface area contributed by atoms with E-state index in [1.165, 1.54) is 0 Å². The molecule has 0 atom stereocenters. The van der Waals surface area contributed by atoms with Crippen molar-refractivity contribution in [3.05, 3.63) is 73.1 Å². The number of aromatic nitrogens is 3. The summed E-state index contributed by atoms with van der Waals surface area (Å²) in [5, 5.41) is 4.01. The van der Waals surface area contributed by atoms with Crippen LogP contribution in [0.1, 0.15) is 12.0 Å². The summed E-state index contributed by atoms with van der Waals surface area (Å²) in [6.07, 6.45) is 10.2. The second-order valence-electron chi connectivity index (χ2n) is 6.10. The van der Waals surface area contributed by atoms with Gasteiger partial charge in [0.1, 0.15) is 5.75 Å². The maximum Gasteiger partial charge on any atom is 0.173 e. The van der Waals surface area contributed by atoms with Crippen molar-refractivity contribution < 1.29 is 4.74 Å². The summed E-state index contributed by atoms with van der Waals surface area (Å²) >= 11 is 5.68. The van der Waals surface area contributed by atoms with Gasteiger partial charge in [-0.1, -0.05) is 6.07 Å². The second-order valence-corrected chi connectivity index (χ2v) is 6.48. The van der Waals surface area contributed by atoms with E-state index >= 15 is 0 Å². The normalized spacial score (nSPS) is 10.4. The van der Waals surface area contributed by atoms with Crippen molar-refractivity contribution >= 4 is 23.0 Å². The molecule has 2 heterocycles. The molecule has 3 aromatic rings. The molecule has 1 N–H and O–H groups in total. The number of nitrogens with zero attached hydrogens (tertiary/aromatic N) is 4. The first-order valence-electron chi connectivity index (χ1n) is 8.79. The maximum absolute atomic E-state index is 5.68. The average Bonchev–Trinajstić information content (AvgIpc) is 3.22. The maximum atomic E-state index is 5.68. The first-order valence-corrected chi connectivity index (χ1v) is 9.20. The van der Waals surface area contributed by atoms with Crippen molar-refractivity contribution in [1.82, 2.24) is 19.4 Å². The van der Waals surface area contributed by atoms with Gasteiger partial charge in [-0.25, -0.2) is 4.98 Å². The van der Waals surface area contributed by atoms with Gasteiger partial charge in [0.2, 0.25) is 0 Å². The van der Waals surface area contributed by atoms with E-state index in [-0.39, 0.29) is 0 Å². The van der Waals surface area contributed by atoms with E-state index in [1.54, 1.807) is 19.5 Å². The molecule has 7 heteroatoms. The zero-order valence-corrected chi connectivity index (χ0v) is 16.1. The standard InChI is InChI=1S/C20H23N5OS/c1-26-19-7-5-18(6-8-19)23-20(27)25(15-17-4-2-9-21-14-17)12-3-11-24-13-10-22-16-24/h2,4-10,13-14,16H,3,11-12,15H2,1H3,(H,23,27). The number of nitrogens with one attached hydrogen (secondary N) is 1. The number of methoxy groups -OCH3 is 1. The first kappa shape index (κ1) is 18.8. The molecule has 27 heavy (non-hydrogen) atoms. The zero-order valence-electron chi connectivity index (χ0n) is 15.3. The lowest BCUT2D eigenvalue weighted by atomic mass is 10.2. The minimum Gasteiger partial charge on any atom is -0.497 e. The summed E-state index contributed by atoms with van der Waals surface area (Å²) in [7, 11) is 1.66. The van der Waals surface area contributed by atoms with Crippen LogP contribution in [0.4, 0.5) is 5.69 Å². The third-order valence-electron chi connectivity index (χ3n) is 4.13. The van der Waals surface area contributed by atoms with E-state index < -0.39 is 0 Å². The highest BCUT2D eigenvalue weighted by Gasteiger charge is 2.11. The Morgan fingerprint density at radius 3 is 2.70 bits per heavy atom. The molecular formula is C20H23N5OS. The smallest absolute Gasteiger partial charge is 0.173 e. The van der Waals surface area contributed by atoms with E-state index in [0.717, 1.165) is 36.5 Å². The molecular weight excluding hydrogens is 358 g/mol. The Kier molecular flexibility index (Phi) is 6.76. The Morgan fingerprint density at radius 1 is 1.19 bits per heavy atom. The van der Waals surface area contributed by atoms with Crippen LogP contribution in [0.2, 0.25) is 0 Å². The molecule has 0 bridgehead atoms. The summed E-state index contributed by atoms with van der Waals surface area (Å²) in [6, 6.07) is 11.7. The minimum atomic E-state index is 0.689. The fourth-order valence-corrected chi connectivity index (χ4v) is 2.98. The van der Waals surface area contributed by atoms with Gasteiger partial charge >= 0.3 is 0 Å². The largest absolute Gasteiger partial charge is 0.497 e. The van der Waals surface area contributed by atoms with Gasteiger partial charge in [0.15, 0.2) is 5.11 Å². The number of imidazole rings is 1. The summed E-state index contributed by atoms with van der Waals surface area (Å²) in [5.74, 6) is 0.819. The molecule has 140 valence electrons. The van der Waals surface area contributed by atoms with Gasteiger partial charge < -0.3 is 19.5 Å². The highest BCUT2D eigenvalue weighted by atomic mass is 32.1. The van der Waals surface area contributed by atoms with Crippen molar-refractivity contribution in [3.8, 4) is 5.75 Å². The van der Waals surface area contributed by atoms with Crippen LogP contribution in [0.5, 0.6) is 5.75 Å². The van der Waals surface area contributed by atoms with Gasteiger partial charge in [-0.05, 0) is 54.5 Å². The Morgan fingerprint density at radius 2 is 2.04 bits per heavy atom. The zero-order chi connectivity index (χ0) is 18.9. The highest BCUT2D eigenvalue weighted by Crippen LogP contribution is 2.16. The number of rotatable bonds is 8. The van der Waals surface area contributed by atoms with Gasteiger partial charge in [0.05, 0.1) is 13.4 Å². The van der Waals surface area contributed by atoms with Gasteiger partial charge in [-0.2, -0.15) is 0 Å². The fraction of sp³-hybridized carbons (Fsp3) is 0.250. The average molecular weight is 382 g/mol. The number of pyridine rings is 1. The Balaban J connectivity index is 1.63. The van der Waals surface area contributed by atoms with E-state index in [2.05, 4.69) is 30.8 Å². The van der Waals surface area contributed by atoms with Gasteiger partial charge in [-0.15, -0.1) is 0 Å². The molecule has 3 rings (SSSR count). The third kappa shape index (κ3) is 5.79. The quantitative estimate of drug-likeness (QED) is 0.602. The van der Waals surface area contributed by atoms with E-state index in [4.69, 9.17) is 17.0 Å². The summed E-state index contributed by atoms with van der Waals surface area (Å²) < 4.78 is 7.28. The Hall–Kier alpha value is -2.93. The molecule has 0 unspecified atom stereocenters. The van der Waals surface area contributed by atoms with Crippen LogP contribution < -0.4 is 10.1 Å². The second kappa shape index (κ2) is 9.68. The molecule has 0 saturated heterocycles. The summed E-state index contributed by atoms with van der Waals surface area (Å²) in [4.78, 5) is 10.5. The minimum absolute atomic E-state index is 0.689. The topological polar surface area (TPSA) is 55.2 Å². The van der Waals surface area contributed by atoms with E-state index in [1.807, 2.05) is 49.1 Å². The first-order chi connectivity index (χ1) is 13.2. The van der Waals surface area contributed by atoms with Crippen molar-refractivity contribution in [3.63, 3.8) is 0 Å². The lowest BCUT2D eigenvalue weighted by molar-refractivity contribution is 0.395. The van der Waals surface area contributed by atoms with Crippen molar-refractivity contribution in [2.75, 3.05) is 19.0 Å². The van der Waals surface area contributed by atoms with Gasteiger partial charge in [-0.3, -0.25) is 4.98 Å². The monoisotopic (exact) mass is 381 g/mol. The molecule has 0 saturated carbocycles. The Labute approximate surface area is 164 Å². The van der Waals surface area contributed by atoms with Crippen LogP contribution in [0.25, 0.3) is 0 Å². The van der Waals surface area contributed by atoms with Crippen LogP contribution in [0.15, 0.2) is 67.5 Å². The molecule has 0 aliphatic carbocycles. The molecule has 0 radical (unpaired) electrons. The lowest BCUT2D eigenvalue weighted by Gasteiger charge is -2.26. The van der Waals surface area contributed by atoms with Crippen LogP contribution in [-0.2, 0) is 13.1 Å². The van der Waals surface area contributed by atoms with Crippen LogP contribution in [-0.4, -0.2) is 38.2 Å². The van der Waals surface area contributed by atoms with Crippen LogP contribution >= 0.6 is 12.2 Å². The number of thiocarbonyl (C=S) groups is 1.